The number of rotatable bonds is 3. The van der Waals surface area contributed by atoms with Crippen LogP contribution in [0.15, 0.2) is 39.5 Å². The van der Waals surface area contributed by atoms with Crippen molar-refractivity contribution in [2.75, 3.05) is 26.7 Å². The zero-order valence-corrected chi connectivity index (χ0v) is 15.3. The Hall–Kier alpha value is -2.14. The number of esters is 1. The molecule has 2 aliphatic rings. The lowest BCUT2D eigenvalue weighted by Crippen LogP contribution is -2.61. The zero-order valence-electron chi connectivity index (χ0n) is 15.3. The maximum absolute atomic E-state index is 12.5. The van der Waals surface area contributed by atoms with Crippen LogP contribution in [0.1, 0.15) is 42.5 Å². The molecule has 0 bridgehead atoms. The van der Waals surface area contributed by atoms with Crippen LogP contribution in [0, 0.1) is 5.92 Å². The Morgan fingerprint density at radius 1 is 1.19 bits per heavy atom. The summed E-state index contributed by atoms with van der Waals surface area (Å²) in [6.45, 7) is 2.84. The summed E-state index contributed by atoms with van der Waals surface area (Å²) >= 11 is 0. The van der Waals surface area contributed by atoms with Gasteiger partial charge < -0.3 is 13.6 Å². The van der Waals surface area contributed by atoms with Crippen molar-refractivity contribution in [1.29, 1.82) is 0 Å². The average Bonchev–Trinajstić information content (AvgIpc) is 2.64. The summed E-state index contributed by atoms with van der Waals surface area (Å²) in [6.07, 6.45) is 6.02. The lowest BCUT2D eigenvalue weighted by Gasteiger charge is -2.51. The van der Waals surface area contributed by atoms with Crippen molar-refractivity contribution in [3.05, 3.63) is 46.3 Å². The first-order valence-corrected chi connectivity index (χ1v) is 9.61. The fourth-order valence-corrected chi connectivity index (χ4v) is 4.89. The molecule has 2 saturated heterocycles. The fourth-order valence-electron chi connectivity index (χ4n) is 4.89. The summed E-state index contributed by atoms with van der Waals surface area (Å²) in [7, 11) is 2.34. The molecule has 0 saturated carbocycles. The third-order valence-electron chi connectivity index (χ3n) is 6.30. The third-order valence-corrected chi connectivity index (χ3v) is 6.30. The highest BCUT2D eigenvalue weighted by Gasteiger charge is 2.43. The molecule has 3 atom stereocenters. The van der Waals surface area contributed by atoms with Gasteiger partial charge in [-0.3, -0.25) is 0 Å². The largest absolute Gasteiger partial charge is 0.461 e. The minimum absolute atomic E-state index is 0.0135. The van der Waals surface area contributed by atoms with E-state index in [1.165, 1.54) is 38.8 Å². The molecule has 0 amide bonds. The lowest BCUT2D eigenvalue weighted by molar-refractivity contribution is -0.947. The maximum Gasteiger partial charge on any atom is 0.351 e. The smallest absolute Gasteiger partial charge is 0.351 e. The molecule has 138 valence electrons. The minimum Gasteiger partial charge on any atom is -0.461 e. The SMILES string of the molecule is C[N+]12CCCC[C@H]1[C@H](COC(=O)c1cc3ccccc3oc1=O)CCC2. The molecule has 4 rings (SSSR count). The molecule has 2 aliphatic heterocycles. The van der Waals surface area contributed by atoms with Crippen LogP contribution in [0.2, 0.25) is 0 Å². The van der Waals surface area contributed by atoms with Gasteiger partial charge in [0.05, 0.1) is 26.2 Å². The van der Waals surface area contributed by atoms with E-state index >= 15 is 0 Å². The molecule has 2 fully saturated rings. The Balaban J connectivity index is 1.48. The van der Waals surface area contributed by atoms with E-state index < -0.39 is 11.6 Å². The van der Waals surface area contributed by atoms with Crippen molar-refractivity contribution in [2.45, 2.75) is 38.1 Å². The predicted molar refractivity (Wildman–Crippen MR) is 99.0 cm³/mol. The minimum atomic E-state index is -0.629. The number of carbonyl (C=O) groups is 1. The van der Waals surface area contributed by atoms with Gasteiger partial charge in [-0.15, -0.1) is 0 Å². The van der Waals surface area contributed by atoms with Crippen LogP contribution in [-0.2, 0) is 4.74 Å². The molecular weight excluding hydrogens is 330 g/mol. The Kier molecular flexibility index (Phi) is 4.57. The zero-order chi connectivity index (χ0) is 18.1. The molecule has 1 aromatic heterocycles. The number of fused-ring (bicyclic) bond motifs is 2. The van der Waals surface area contributed by atoms with Crippen LogP contribution in [0.25, 0.3) is 11.0 Å². The van der Waals surface area contributed by atoms with Crippen LogP contribution in [-0.4, -0.2) is 43.2 Å². The third kappa shape index (κ3) is 3.16. The summed E-state index contributed by atoms with van der Waals surface area (Å²) in [6, 6.07) is 9.33. The topological polar surface area (TPSA) is 56.5 Å². The van der Waals surface area contributed by atoms with Crippen LogP contribution in [0.5, 0.6) is 0 Å². The number of benzene rings is 1. The molecule has 0 spiro atoms. The normalized spacial score (nSPS) is 28.5. The van der Waals surface area contributed by atoms with E-state index in [0.29, 0.717) is 24.1 Å². The first-order valence-electron chi connectivity index (χ1n) is 9.61. The maximum atomic E-state index is 12.5. The lowest BCUT2D eigenvalue weighted by atomic mass is 9.82. The van der Waals surface area contributed by atoms with E-state index in [1.54, 1.807) is 18.2 Å². The second kappa shape index (κ2) is 6.88. The van der Waals surface area contributed by atoms with E-state index in [0.717, 1.165) is 16.3 Å². The van der Waals surface area contributed by atoms with Crippen molar-refractivity contribution in [3.63, 3.8) is 0 Å². The Morgan fingerprint density at radius 3 is 2.88 bits per heavy atom. The van der Waals surface area contributed by atoms with Crippen LogP contribution in [0.4, 0.5) is 0 Å². The Morgan fingerprint density at radius 2 is 2.00 bits per heavy atom. The number of carbonyl (C=O) groups excluding carboxylic acids is 1. The molecule has 26 heavy (non-hydrogen) atoms. The summed E-state index contributed by atoms with van der Waals surface area (Å²) in [5.74, 6) is -0.189. The van der Waals surface area contributed by atoms with Gasteiger partial charge in [0.2, 0.25) is 0 Å². The van der Waals surface area contributed by atoms with Crippen molar-refractivity contribution in [1.82, 2.24) is 0 Å². The molecule has 5 nitrogen and oxygen atoms in total. The molecule has 3 heterocycles. The van der Waals surface area contributed by atoms with Crippen molar-refractivity contribution < 1.29 is 18.4 Å². The van der Waals surface area contributed by atoms with Gasteiger partial charge in [0.1, 0.15) is 17.8 Å². The van der Waals surface area contributed by atoms with Crippen molar-refractivity contribution in [3.8, 4) is 0 Å². The van der Waals surface area contributed by atoms with E-state index in [4.69, 9.17) is 9.15 Å². The van der Waals surface area contributed by atoms with Gasteiger partial charge in [-0.1, -0.05) is 18.2 Å². The van der Waals surface area contributed by atoms with Crippen LogP contribution < -0.4 is 5.63 Å². The average molecular weight is 356 g/mol. The molecule has 1 unspecified atom stereocenters. The van der Waals surface area contributed by atoms with Gasteiger partial charge >= 0.3 is 11.6 Å². The van der Waals surface area contributed by atoms with Gasteiger partial charge in [0.15, 0.2) is 0 Å². The van der Waals surface area contributed by atoms with E-state index in [9.17, 15) is 9.59 Å². The number of ether oxygens (including phenoxy) is 1. The summed E-state index contributed by atoms with van der Waals surface area (Å²) in [5, 5.41) is 0.730. The number of hydrogen-bond acceptors (Lipinski definition) is 4. The van der Waals surface area contributed by atoms with E-state index in [2.05, 4.69) is 7.05 Å². The van der Waals surface area contributed by atoms with Gasteiger partial charge in [0, 0.05) is 17.7 Å². The van der Waals surface area contributed by atoms with Gasteiger partial charge in [-0.25, -0.2) is 9.59 Å². The molecule has 5 heteroatoms. The highest BCUT2D eigenvalue weighted by Crippen LogP contribution is 2.36. The molecule has 2 aromatic rings. The summed E-state index contributed by atoms with van der Waals surface area (Å²) < 4.78 is 11.9. The molecular formula is C21H26NO4+. The summed E-state index contributed by atoms with van der Waals surface area (Å²) in [4.78, 5) is 24.6. The number of quaternary nitrogens is 1. The first-order chi connectivity index (χ1) is 12.6. The van der Waals surface area contributed by atoms with Gasteiger partial charge in [-0.05, 0) is 37.8 Å². The highest BCUT2D eigenvalue weighted by molar-refractivity contribution is 5.92. The molecule has 0 radical (unpaired) electrons. The van der Waals surface area contributed by atoms with Crippen molar-refractivity contribution in [2.24, 2.45) is 5.92 Å². The van der Waals surface area contributed by atoms with Crippen molar-refractivity contribution >= 4 is 16.9 Å². The number of nitrogens with zero attached hydrogens (tertiary/aromatic N) is 1. The predicted octanol–water partition coefficient (Wildman–Crippen LogP) is 3.36. The molecule has 1 aromatic carbocycles. The number of hydrogen-bond donors (Lipinski definition) is 0. The van der Waals surface area contributed by atoms with Gasteiger partial charge in [0.25, 0.3) is 0 Å². The van der Waals surface area contributed by atoms with E-state index in [1.807, 2.05) is 12.1 Å². The van der Waals surface area contributed by atoms with Crippen LogP contribution in [0.3, 0.4) is 0 Å². The van der Waals surface area contributed by atoms with Crippen LogP contribution >= 0.6 is 0 Å². The summed E-state index contributed by atoms with van der Waals surface area (Å²) in [5.41, 5.74) is -0.160. The molecule has 0 N–H and O–H groups in total. The highest BCUT2D eigenvalue weighted by atomic mass is 16.5. The Bertz CT molecular complexity index is 870. The number of piperidine rings is 2. The second-order valence-electron chi connectivity index (χ2n) is 7.98. The standard InChI is InChI=1S/C21H26NO4/c1-22-11-5-4-9-18(22)16(8-6-12-22)14-25-20(23)17-13-15-7-2-3-10-19(15)26-21(17)24/h2-3,7,10,13,16,18H,4-6,8-9,11-12,14H2,1H3/q+1/t16-,18-,22?/m0/s1. The second-order valence-corrected chi connectivity index (χ2v) is 7.98. The number of para-hydroxylation sites is 1. The monoisotopic (exact) mass is 356 g/mol. The quantitative estimate of drug-likeness (QED) is 0.481. The van der Waals surface area contributed by atoms with E-state index in [-0.39, 0.29) is 5.56 Å². The Labute approximate surface area is 153 Å². The molecule has 0 aliphatic carbocycles. The van der Waals surface area contributed by atoms with Gasteiger partial charge in [-0.2, -0.15) is 0 Å². The first kappa shape index (κ1) is 17.3. The fraction of sp³-hybridized carbons (Fsp3) is 0.524.